The van der Waals surface area contributed by atoms with Crippen molar-refractivity contribution < 1.29 is 9.53 Å². The molecule has 0 unspecified atom stereocenters. The monoisotopic (exact) mass is 349 g/mol. The van der Waals surface area contributed by atoms with Gasteiger partial charge in [0.15, 0.2) is 6.61 Å². The van der Waals surface area contributed by atoms with Crippen molar-refractivity contribution in [2.45, 2.75) is 34.2 Å². The molecule has 0 saturated heterocycles. The maximum atomic E-state index is 12.4. The predicted molar refractivity (Wildman–Crippen MR) is 88.3 cm³/mol. The highest BCUT2D eigenvalue weighted by Gasteiger charge is 2.15. The van der Waals surface area contributed by atoms with Crippen LogP contribution < -0.4 is 4.74 Å². The Hall–Kier alpha value is -1.55. The molecule has 0 radical (unpaired) electrons. The Kier molecular flexibility index (Phi) is 4.88. The van der Waals surface area contributed by atoms with Crippen LogP contribution in [0.1, 0.15) is 34.2 Å². The van der Waals surface area contributed by atoms with E-state index >= 15 is 0 Å². The highest BCUT2D eigenvalue weighted by molar-refractivity contribution is 9.10. The third kappa shape index (κ3) is 3.38. The van der Waals surface area contributed by atoms with Crippen LogP contribution in [-0.2, 0) is 6.54 Å². The maximum Gasteiger partial charge on any atom is 0.202 e. The first kappa shape index (κ1) is 15.8. The van der Waals surface area contributed by atoms with E-state index in [1.807, 2.05) is 45.0 Å². The number of aryl methyl sites for hydroxylation is 2. The number of halogens is 1. The van der Waals surface area contributed by atoms with E-state index in [0.29, 0.717) is 0 Å². The second-order valence-electron chi connectivity index (χ2n) is 5.15. The number of hydrogen-bond acceptors (Lipinski definition) is 2. The van der Waals surface area contributed by atoms with E-state index in [1.54, 1.807) is 0 Å². The third-order valence-corrected chi connectivity index (χ3v) is 4.18. The van der Waals surface area contributed by atoms with Crippen molar-refractivity contribution in [3.63, 3.8) is 0 Å². The van der Waals surface area contributed by atoms with E-state index < -0.39 is 0 Å². The molecule has 0 atom stereocenters. The van der Waals surface area contributed by atoms with E-state index in [1.165, 1.54) is 0 Å². The van der Waals surface area contributed by atoms with E-state index in [4.69, 9.17) is 4.74 Å². The summed E-state index contributed by atoms with van der Waals surface area (Å²) in [7, 11) is 0. The number of rotatable bonds is 5. The van der Waals surface area contributed by atoms with Crippen LogP contribution in [0.15, 0.2) is 28.7 Å². The van der Waals surface area contributed by atoms with Gasteiger partial charge >= 0.3 is 0 Å². The lowest BCUT2D eigenvalue weighted by atomic mass is 10.1. The van der Waals surface area contributed by atoms with Crippen LogP contribution in [0.3, 0.4) is 0 Å². The minimum atomic E-state index is 0.0186. The molecular formula is C17H20BrNO2. The molecule has 0 spiro atoms. The molecule has 2 rings (SSSR count). The zero-order valence-electron chi connectivity index (χ0n) is 12.9. The molecule has 0 saturated carbocycles. The summed E-state index contributed by atoms with van der Waals surface area (Å²) in [6.07, 6.45) is 0. The van der Waals surface area contributed by atoms with Crippen molar-refractivity contribution in [2.75, 3.05) is 6.61 Å². The van der Waals surface area contributed by atoms with Crippen molar-refractivity contribution in [1.82, 2.24) is 4.57 Å². The lowest BCUT2D eigenvalue weighted by molar-refractivity contribution is 0.0920. The van der Waals surface area contributed by atoms with Crippen LogP contribution in [0.4, 0.5) is 0 Å². The summed E-state index contributed by atoms with van der Waals surface area (Å²) < 4.78 is 8.81. The summed E-state index contributed by atoms with van der Waals surface area (Å²) in [6, 6.07) is 7.71. The quantitative estimate of drug-likeness (QED) is 0.746. The fourth-order valence-corrected chi connectivity index (χ4v) is 3.04. The first-order valence-electron chi connectivity index (χ1n) is 7.03. The minimum absolute atomic E-state index is 0.0186. The Morgan fingerprint density at radius 1 is 1.24 bits per heavy atom. The molecule has 1 aromatic carbocycles. The van der Waals surface area contributed by atoms with Crippen molar-refractivity contribution in [3.05, 3.63) is 51.3 Å². The fraction of sp³-hybridized carbons (Fsp3) is 0.353. The van der Waals surface area contributed by atoms with Crippen LogP contribution in [-0.4, -0.2) is 17.0 Å². The van der Waals surface area contributed by atoms with Gasteiger partial charge in [0.05, 0.1) is 0 Å². The van der Waals surface area contributed by atoms with Gasteiger partial charge < -0.3 is 9.30 Å². The van der Waals surface area contributed by atoms with Crippen molar-refractivity contribution >= 4 is 21.7 Å². The standard InChI is InChI=1S/C17H20BrNO2/c1-5-19-12(3)9-15(13(19)4)16(20)10-21-17-7-6-14(18)8-11(17)2/h6-9H,5,10H2,1-4H3. The van der Waals surface area contributed by atoms with Crippen molar-refractivity contribution in [2.24, 2.45) is 0 Å². The number of aromatic nitrogens is 1. The molecule has 0 bridgehead atoms. The molecule has 0 amide bonds. The van der Waals surface area contributed by atoms with E-state index in [2.05, 4.69) is 27.4 Å². The van der Waals surface area contributed by atoms with Crippen LogP contribution in [0.2, 0.25) is 0 Å². The van der Waals surface area contributed by atoms with Gasteiger partial charge in [-0.3, -0.25) is 4.79 Å². The third-order valence-electron chi connectivity index (χ3n) is 3.69. The van der Waals surface area contributed by atoms with Gasteiger partial charge in [-0.05, 0) is 57.5 Å². The summed E-state index contributed by atoms with van der Waals surface area (Å²) in [5.74, 6) is 0.765. The largest absolute Gasteiger partial charge is 0.485 e. The average Bonchev–Trinajstić information content (AvgIpc) is 2.72. The Morgan fingerprint density at radius 3 is 2.52 bits per heavy atom. The summed E-state index contributed by atoms with van der Waals surface area (Å²) >= 11 is 3.42. The number of Topliss-reactive ketones (excluding diaryl/α,β-unsaturated/α-hetero) is 1. The Morgan fingerprint density at radius 2 is 1.95 bits per heavy atom. The smallest absolute Gasteiger partial charge is 0.202 e. The van der Waals surface area contributed by atoms with E-state index in [-0.39, 0.29) is 12.4 Å². The molecule has 4 heteroatoms. The number of ether oxygens (including phenoxy) is 1. The normalized spacial score (nSPS) is 10.7. The van der Waals surface area contributed by atoms with Crippen LogP contribution in [0.5, 0.6) is 5.75 Å². The first-order chi connectivity index (χ1) is 9.93. The topological polar surface area (TPSA) is 31.2 Å². The van der Waals surface area contributed by atoms with Gasteiger partial charge in [-0.2, -0.15) is 0 Å². The summed E-state index contributed by atoms with van der Waals surface area (Å²) in [5.41, 5.74) is 3.88. The highest BCUT2D eigenvalue weighted by Crippen LogP contribution is 2.23. The fourth-order valence-electron chi connectivity index (χ4n) is 2.57. The van der Waals surface area contributed by atoms with Gasteiger partial charge in [-0.15, -0.1) is 0 Å². The summed E-state index contributed by atoms with van der Waals surface area (Å²) in [5, 5.41) is 0. The number of hydrogen-bond donors (Lipinski definition) is 0. The number of carbonyl (C=O) groups excluding carboxylic acids is 1. The van der Waals surface area contributed by atoms with Crippen LogP contribution in [0, 0.1) is 20.8 Å². The number of nitrogens with zero attached hydrogens (tertiary/aromatic N) is 1. The maximum absolute atomic E-state index is 12.4. The van der Waals surface area contributed by atoms with Gasteiger partial charge in [0.25, 0.3) is 0 Å². The summed E-state index contributed by atoms with van der Waals surface area (Å²) in [6.45, 7) is 8.99. The molecular weight excluding hydrogens is 330 g/mol. The van der Waals surface area contributed by atoms with E-state index in [0.717, 1.165) is 39.3 Å². The van der Waals surface area contributed by atoms with Gasteiger partial charge in [0.1, 0.15) is 5.75 Å². The second kappa shape index (κ2) is 6.48. The Balaban J connectivity index is 2.12. The molecule has 21 heavy (non-hydrogen) atoms. The molecule has 0 fully saturated rings. The minimum Gasteiger partial charge on any atom is -0.485 e. The van der Waals surface area contributed by atoms with Crippen LogP contribution in [0.25, 0.3) is 0 Å². The molecule has 1 heterocycles. The summed E-state index contributed by atoms with van der Waals surface area (Å²) in [4.78, 5) is 12.4. The first-order valence-corrected chi connectivity index (χ1v) is 7.82. The van der Waals surface area contributed by atoms with Gasteiger partial charge in [-0.25, -0.2) is 0 Å². The lowest BCUT2D eigenvalue weighted by Gasteiger charge is -2.09. The van der Waals surface area contributed by atoms with Gasteiger partial charge in [0.2, 0.25) is 5.78 Å². The molecule has 0 N–H and O–H groups in total. The second-order valence-corrected chi connectivity index (χ2v) is 6.07. The van der Waals surface area contributed by atoms with Gasteiger partial charge in [-0.1, -0.05) is 15.9 Å². The van der Waals surface area contributed by atoms with Crippen LogP contribution >= 0.6 is 15.9 Å². The highest BCUT2D eigenvalue weighted by atomic mass is 79.9. The predicted octanol–water partition coefficient (Wildman–Crippen LogP) is 4.46. The number of carbonyl (C=O) groups is 1. The number of ketones is 1. The molecule has 1 aromatic heterocycles. The Bertz CT molecular complexity index is 674. The van der Waals surface area contributed by atoms with Crippen molar-refractivity contribution in [1.29, 1.82) is 0 Å². The molecule has 0 aliphatic carbocycles. The molecule has 2 aromatic rings. The lowest BCUT2D eigenvalue weighted by Crippen LogP contribution is -2.13. The average molecular weight is 350 g/mol. The Labute approximate surface area is 134 Å². The van der Waals surface area contributed by atoms with Gasteiger partial charge in [0, 0.05) is 28.0 Å². The van der Waals surface area contributed by atoms with E-state index in [9.17, 15) is 4.79 Å². The number of benzene rings is 1. The molecule has 112 valence electrons. The molecule has 3 nitrogen and oxygen atoms in total. The zero-order chi connectivity index (χ0) is 15.6. The molecule has 0 aliphatic heterocycles. The SMILES string of the molecule is CCn1c(C)cc(C(=O)COc2ccc(Br)cc2C)c1C. The zero-order valence-corrected chi connectivity index (χ0v) is 14.5. The van der Waals surface area contributed by atoms with Crippen molar-refractivity contribution in [3.8, 4) is 5.75 Å². The molecule has 0 aliphatic rings.